The molecule has 1 fully saturated rings. The first-order chi connectivity index (χ1) is 6.75. The average molecular weight is 205 g/mol. The topological polar surface area (TPSA) is 12.4 Å². The highest BCUT2D eigenvalue weighted by molar-refractivity contribution is 8.16. The van der Waals surface area contributed by atoms with Crippen LogP contribution in [0.3, 0.4) is 0 Å². The lowest BCUT2D eigenvalue weighted by Gasteiger charge is -2.24. The quantitative estimate of drug-likeness (QED) is 0.717. The fourth-order valence-electron chi connectivity index (χ4n) is 1.57. The minimum Gasteiger partial charge on any atom is -0.275 e. The maximum Gasteiger partial charge on any atom is 0.0730 e. The van der Waals surface area contributed by atoms with Gasteiger partial charge in [-0.25, -0.2) is 0 Å². The molecule has 2 unspecified atom stereocenters. The van der Waals surface area contributed by atoms with Gasteiger partial charge in [0, 0.05) is 11.7 Å². The van der Waals surface area contributed by atoms with Gasteiger partial charge in [-0.15, -0.1) is 11.8 Å². The molecular weight excluding hydrogens is 190 g/mol. The molecule has 0 saturated carbocycles. The Morgan fingerprint density at radius 1 is 1.36 bits per heavy atom. The van der Waals surface area contributed by atoms with Crippen LogP contribution in [0.15, 0.2) is 35.3 Å². The Morgan fingerprint density at radius 2 is 2.00 bits per heavy atom. The molecule has 1 aliphatic rings. The van der Waals surface area contributed by atoms with Crippen molar-refractivity contribution in [3.05, 3.63) is 35.9 Å². The Labute approximate surface area is 89.6 Å². The van der Waals surface area contributed by atoms with Crippen LogP contribution >= 0.6 is 11.8 Å². The van der Waals surface area contributed by atoms with E-state index in [2.05, 4.69) is 43.1 Å². The zero-order valence-electron chi connectivity index (χ0n) is 8.60. The Hall–Kier alpha value is -0.760. The summed E-state index contributed by atoms with van der Waals surface area (Å²) in [7, 11) is 0. The van der Waals surface area contributed by atoms with Crippen LogP contribution in [0.1, 0.15) is 31.9 Å². The van der Waals surface area contributed by atoms with Gasteiger partial charge in [-0.05, 0) is 12.5 Å². The van der Waals surface area contributed by atoms with Gasteiger partial charge in [0.2, 0.25) is 0 Å². The molecule has 0 spiro atoms. The predicted octanol–water partition coefficient (Wildman–Crippen LogP) is 3.67. The van der Waals surface area contributed by atoms with Crippen molar-refractivity contribution in [2.45, 2.75) is 31.6 Å². The molecule has 1 aromatic carbocycles. The maximum absolute atomic E-state index is 4.68. The third kappa shape index (κ3) is 2.18. The first-order valence-corrected chi connectivity index (χ1v) is 5.92. The van der Waals surface area contributed by atoms with Gasteiger partial charge in [-0.2, -0.15) is 0 Å². The van der Waals surface area contributed by atoms with Crippen LogP contribution in [0.4, 0.5) is 0 Å². The molecule has 0 N–H and O–H groups in total. The number of hydrogen-bond donors (Lipinski definition) is 0. The average Bonchev–Trinajstić information content (AvgIpc) is 2.17. The summed E-state index contributed by atoms with van der Waals surface area (Å²) in [6, 6.07) is 10.8. The van der Waals surface area contributed by atoms with E-state index in [4.69, 9.17) is 0 Å². The third-order valence-electron chi connectivity index (χ3n) is 2.42. The minimum atomic E-state index is 0.311. The Morgan fingerprint density at radius 3 is 2.57 bits per heavy atom. The van der Waals surface area contributed by atoms with Gasteiger partial charge in [-0.1, -0.05) is 37.3 Å². The van der Waals surface area contributed by atoms with Gasteiger partial charge in [0.1, 0.15) is 0 Å². The summed E-state index contributed by atoms with van der Waals surface area (Å²) >= 11 is 1.90. The smallest absolute Gasteiger partial charge is 0.0730 e. The van der Waals surface area contributed by atoms with E-state index in [1.54, 1.807) is 0 Å². The van der Waals surface area contributed by atoms with Gasteiger partial charge in [0.25, 0.3) is 0 Å². The van der Waals surface area contributed by atoms with Crippen molar-refractivity contribution >= 4 is 16.8 Å². The van der Waals surface area contributed by atoms with Crippen LogP contribution in [0, 0.1) is 0 Å². The standard InChI is InChI=1S/C12H15NS/c1-9-8-12(14-9)13-10(2)11-6-4-3-5-7-11/h3-7,9-10H,8H2,1-2H3. The molecule has 1 aliphatic heterocycles. The lowest BCUT2D eigenvalue weighted by Crippen LogP contribution is -2.18. The zero-order chi connectivity index (χ0) is 9.97. The first kappa shape index (κ1) is 9.78. The van der Waals surface area contributed by atoms with E-state index in [9.17, 15) is 0 Å². The number of hydrogen-bond acceptors (Lipinski definition) is 2. The van der Waals surface area contributed by atoms with Gasteiger partial charge in [0.05, 0.1) is 11.1 Å². The number of benzene rings is 1. The molecule has 1 heterocycles. The Balaban J connectivity index is 2.03. The van der Waals surface area contributed by atoms with Crippen molar-refractivity contribution in [2.75, 3.05) is 0 Å². The Kier molecular flexibility index (Phi) is 2.92. The maximum atomic E-state index is 4.68. The SMILES string of the molecule is CC1CC(=NC(C)c2ccccc2)S1. The van der Waals surface area contributed by atoms with Crippen molar-refractivity contribution in [1.82, 2.24) is 0 Å². The second-order valence-electron chi connectivity index (χ2n) is 3.74. The van der Waals surface area contributed by atoms with E-state index < -0.39 is 0 Å². The molecule has 2 atom stereocenters. The summed E-state index contributed by atoms with van der Waals surface area (Å²) in [6.07, 6.45) is 1.17. The van der Waals surface area contributed by atoms with E-state index in [1.807, 2.05) is 17.8 Å². The molecule has 74 valence electrons. The molecule has 1 saturated heterocycles. The van der Waals surface area contributed by atoms with Crippen molar-refractivity contribution in [2.24, 2.45) is 4.99 Å². The molecule has 2 heteroatoms. The summed E-state index contributed by atoms with van der Waals surface area (Å²) in [5, 5.41) is 2.09. The molecule has 0 radical (unpaired) electrons. The van der Waals surface area contributed by atoms with Crippen molar-refractivity contribution in [1.29, 1.82) is 0 Å². The van der Waals surface area contributed by atoms with E-state index in [1.165, 1.54) is 17.0 Å². The number of rotatable bonds is 2. The van der Waals surface area contributed by atoms with E-state index in [-0.39, 0.29) is 0 Å². The van der Waals surface area contributed by atoms with Crippen molar-refractivity contribution < 1.29 is 0 Å². The lowest BCUT2D eigenvalue weighted by atomic mass is 10.1. The van der Waals surface area contributed by atoms with Crippen molar-refractivity contribution in [3.63, 3.8) is 0 Å². The predicted molar refractivity (Wildman–Crippen MR) is 64.0 cm³/mol. The summed E-state index contributed by atoms with van der Waals surface area (Å²) in [6.45, 7) is 4.41. The third-order valence-corrected chi connectivity index (χ3v) is 3.53. The van der Waals surface area contributed by atoms with E-state index in [0.717, 1.165) is 5.25 Å². The van der Waals surface area contributed by atoms with Crippen LogP contribution in [0.25, 0.3) is 0 Å². The monoisotopic (exact) mass is 205 g/mol. The fourth-order valence-corrected chi connectivity index (χ4v) is 2.55. The highest BCUT2D eigenvalue weighted by atomic mass is 32.2. The minimum absolute atomic E-state index is 0.311. The molecule has 0 amide bonds. The number of thioether (sulfide) groups is 1. The van der Waals surface area contributed by atoms with Crippen LogP contribution in [0.2, 0.25) is 0 Å². The van der Waals surface area contributed by atoms with Gasteiger partial charge in [0.15, 0.2) is 0 Å². The number of aliphatic imine (C=N–C) groups is 1. The highest BCUT2D eigenvalue weighted by Gasteiger charge is 2.21. The molecule has 1 aromatic rings. The van der Waals surface area contributed by atoms with E-state index in [0.29, 0.717) is 6.04 Å². The second-order valence-corrected chi connectivity index (χ2v) is 5.25. The molecule has 0 aromatic heterocycles. The fraction of sp³-hybridized carbons (Fsp3) is 0.417. The van der Waals surface area contributed by atoms with Gasteiger partial charge >= 0.3 is 0 Å². The summed E-state index contributed by atoms with van der Waals surface area (Å²) in [4.78, 5) is 4.68. The molecule has 2 rings (SSSR count). The first-order valence-electron chi connectivity index (χ1n) is 5.04. The van der Waals surface area contributed by atoms with Crippen LogP contribution in [0.5, 0.6) is 0 Å². The number of nitrogens with zero attached hydrogens (tertiary/aromatic N) is 1. The Bertz CT molecular complexity index is 323. The van der Waals surface area contributed by atoms with Gasteiger partial charge < -0.3 is 0 Å². The molecule has 1 nitrogen and oxygen atoms in total. The van der Waals surface area contributed by atoms with Gasteiger partial charge in [-0.3, -0.25) is 4.99 Å². The molecule has 0 aliphatic carbocycles. The normalized spacial score (nSPS) is 25.9. The summed E-state index contributed by atoms with van der Waals surface area (Å²) in [5.41, 5.74) is 1.31. The van der Waals surface area contributed by atoms with Crippen LogP contribution < -0.4 is 0 Å². The summed E-state index contributed by atoms with van der Waals surface area (Å²) < 4.78 is 0. The van der Waals surface area contributed by atoms with Crippen molar-refractivity contribution in [3.8, 4) is 0 Å². The second kappa shape index (κ2) is 4.18. The highest BCUT2D eigenvalue weighted by Crippen LogP contribution is 2.33. The van der Waals surface area contributed by atoms with Crippen LogP contribution in [-0.4, -0.2) is 10.3 Å². The molecule has 14 heavy (non-hydrogen) atoms. The van der Waals surface area contributed by atoms with E-state index >= 15 is 0 Å². The molecule has 0 bridgehead atoms. The summed E-state index contributed by atoms with van der Waals surface area (Å²) in [5.74, 6) is 0. The van der Waals surface area contributed by atoms with Crippen LogP contribution in [-0.2, 0) is 0 Å². The largest absolute Gasteiger partial charge is 0.275 e. The lowest BCUT2D eigenvalue weighted by molar-refractivity contribution is 0.811. The zero-order valence-corrected chi connectivity index (χ0v) is 9.42. The molecular formula is C12H15NS.